The van der Waals surface area contributed by atoms with Crippen molar-refractivity contribution in [2.24, 2.45) is 11.7 Å². The van der Waals surface area contributed by atoms with E-state index < -0.39 is 0 Å². The molecule has 102 valence electrons. The van der Waals surface area contributed by atoms with E-state index in [9.17, 15) is 0 Å². The number of nitrogens with zero attached hydrogens (tertiary/aromatic N) is 1. The molecule has 0 aliphatic rings. The van der Waals surface area contributed by atoms with Gasteiger partial charge in [-0.1, -0.05) is 35.8 Å². The van der Waals surface area contributed by atoms with Crippen molar-refractivity contribution in [3.63, 3.8) is 0 Å². The number of halogens is 1. The van der Waals surface area contributed by atoms with Crippen molar-refractivity contribution >= 4 is 21.6 Å². The Bertz CT molecular complexity index is 369. The number of benzene rings is 1. The highest BCUT2D eigenvalue weighted by molar-refractivity contribution is 9.10. The summed E-state index contributed by atoms with van der Waals surface area (Å²) in [4.78, 5) is 2.35. The lowest BCUT2D eigenvalue weighted by atomic mass is 10.1. The van der Waals surface area contributed by atoms with Gasteiger partial charge in [0.1, 0.15) is 0 Å². The Kier molecular flexibility index (Phi) is 6.68. The van der Waals surface area contributed by atoms with Gasteiger partial charge in [0.15, 0.2) is 0 Å². The van der Waals surface area contributed by atoms with E-state index in [4.69, 9.17) is 10.5 Å². The van der Waals surface area contributed by atoms with Gasteiger partial charge in [0.2, 0.25) is 0 Å². The molecule has 0 heterocycles. The van der Waals surface area contributed by atoms with E-state index in [1.54, 1.807) is 7.11 Å². The molecule has 18 heavy (non-hydrogen) atoms. The summed E-state index contributed by atoms with van der Waals surface area (Å²) in [7, 11) is 1.74. The minimum atomic E-state index is 0.559. The number of hydrogen-bond donors (Lipinski definition) is 1. The molecule has 0 saturated carbocycles. The second-order valence-electron chi connectivity index (χ2n) is 4.81. The Morgan fingerprint density at radius 1 is 1.39 bits per heavy atom. The van der Waals surface area contributed by atoms with Crippen LogP contribution in [0.3, 0.4) is 0 Å². The topological polar surface area (TPSA) is 38.5 Å². The molecule has 4 heteroatoms. The zero-order chi connectivity index (χ0) is 13.5. The maximum absolute atomic E-state index is 5.67. The largest absolute Gasteiger partial charge is 0.383 e. The van der Waals surface area contributed by atoms with Crippen LogP contribution < -0.4 is 10.6 Å². The molecule has 0 bridgehead atoms. The third-order valence-electron chi connectivity index (χ3n) is 2.77. The van der Waals surface area contributed by atoms with Gasteiger partial charge in [0, 0.05) is 36.9 Å². The molecule has 0 saturated heterocycles. The Balaban J connectivity index is 2.86. The van der Waals surface area contributed by atoms with Crippen LogP contribution in [0.5, 0.6) is 0 Å². The zero-order valence-electron chi connectivity index (χ0n) is 11.4. The third-order valence-corrected chi connectivity index (χ3v) is 3.51. The molecule has 0 fully saturated rings. The average Bonchev–Trinajstić information content (AvgIpc) is 2.34. The Hall–Kier alpha value is -0.580. The normalized spacial score (nSPS) is 11.0. The SMILES string of the molecule is COCCN(CC(C)C)c1ccc(CN)c(Br)c1. The van der Waals surface area contributed by atoms with E-state index in [-0.39, 0.29) is 0 Å². The minimum Gasteiger partial charge on any atom is -0.383 e. The van der Waals surface area contributed by atoms with Crippen molar-refractivity contribution in [2.45, 2.75) is 20.4 Å². The first kappa shape index (κ1) is 15.5. The second kappa shape index (κ2) is 7.77. The van der Waals surface area contributed by atoms with Crippen LogP contribution in [0.2, 0.25) is 0 Å². The smallest absolute Gasteiger partial charge is 0.0637 e. The van der Waals surface area contributed by atoms with Crippen LogP contribution >= 0.6 is 15.9 Å². The summed E-state index contributed by atoms with van der Waals surface area (Å²) in [5.41, 5.74) is 8.02. The quantitative estimate of drug-likeness (QED) is 0.840. The van der Waals surface area contributed by atoms with Crippen molar-refractivity contribution in [1.29, 1.82) is 0 Å². The molecule has 0 radical (unpaired) electrons. The highest BCUT2D eigenvalue weighted by Crippen LogP contribution is 2.24. The molecule has 0 spiro atoms. The van der Waals surface area contributed by atoms with E-state index in [0.29, 0.717) is 12.5 Å². The van der Waals surface area contributed by atoms with Crippen molar-refractivity contribution in [1.82, 2.24) is 0 Å². The molecule has 0 aliphatic heterocycles. The monoisotopic (exact) mass is 314 g/mol. The molecular weight excluding hydrogens is 292 g/mol. The summed E-state index contributed by atoms with van der Waals surface area (Å²) in [5, 5.41) is 0. The molecule has 0 amide bonds. The predicted molar refractivity (Wildman–Crippen MR) is 81.0 cm³/mol. The lowest BCUT2D eigenvalue weighted by Gasteiger charge is -2.27. The van der Waals surface area contributed by atoms with Crippen LogP contribution in [0.25, 0.3) is 0 Å². The first-order valence-electron chi connectivity index (χ1n) is 6.30. The van der Waals surface area contributed by atoms with Gasteiger partial charge in [-0.25, -0.2) is 0 Å². The molecule has 1 rings (SSSR count). The first-order valence-corrected chi connectivity index (χ1v) is 7.10. The maximum Gasteiger partial charge on any atom is 0.0637 e. The van der Waals surface area contributed by atoms with E-state index in [2.05, 4.69) is 52.9 Å². The van der Waals surface area contributed by atoms with E-state index in [1.807, 2.05) is 0 Å². The van der Waals surface area contributed by atoms with Crippen LogP contribution in [-0.4, -0.2) is 26.8 Å². The maximum atomic E-state index is 5.67. The number of anilines is 1. The fourth-order valence-electron chi connectivity index (χ4n) is 1.87. The van der Waals surface area contributed by atoms with Gasteiger partial charge in [-0.3, -0.25) is 0 Å². The summed E-state index contributed by atoms with van der Waals surface area (Å²) in [6.07, 6.45) is 0. The minimum absolute atomic E-state index is 0.559. The number of ether oxygens (including phenoxy) is 1. The summed E-state index contributed by atoms with van der Waals surface area (Å²) < 4.78 is 6.25. The van der Waals surface area contributed by atoms with Crippen LogP contribution in [0, 0.1) is 5.92 Å². The number of hydrogen-bond acceptors (Lipinski definition) is 3. The van der Waals surface area contributed by atoms with Crippen LogP contribution in [0.4, 0.5) is 5.69 Å². The van der Waals surface area contributed by atoms with E-state index >= 15 is 0 Å². The highest BCUT2D eigenvalue weighted by atomic mass is 79.9. The van der Waals surface area contributed by atoms with Crippen molar-refractivity contribution in [2.75, 3.05) is 31.7 Å². The average molecular weight is 315 g/mol. The van der Waals surface area contributed by atoms with Crippen LogP contribution in [-0.2, 0) is 11.3 Å². The van der Waals surface area contributed by atoms with Gasteiger partial charge < -0.3 is 15.4 Å². The molecular formula is C14H23BrN2O. The zero-order valence-corrected chi connectivity index (χ0v) is 13.0. The van der Waals surface area contributed by atoms with Gasteiger partial charge in [0.25, 0.3) is 0 Å². The van der Waals surface area contributed by atoms with E-state index in [0.717, 1.165) is 29.7 Å². The van der Waals surface area contributed by atoms with Crippen molar-refractivity contribution in [3.05, 3.63) is 28.2 Å². The predicted octanol–water partition coefficient (Wildman–Crippen LogP) is 3.02. The molecule has 0 aliphatic carbocycles. The molecule has 2 N–H and O–H groups in total. The van der Waals surface area contributed by atoms with Gasteiger partial charge in [0.05, 0.1) is 6.61 Å². The van der Waals surface area contributed by atoms with Gasteiger partial charge in [-0.05, 0) is 23.6 Å². The molecule has 0 aromatic heterocycles. The van der Waals surface area contributed by atoms with Crippen molar-refractivity contribution in [3.8, 4) is 0 Å². The summed E-state index contributed by atoms with van der Waals surface area (Å²) in [6, 6.07) is 6.35. The molecule has 3 nitrogen and oxygen atoms in total. The molecule has 0 unspecified atom stereocenters. The summed E-state index contributed by atoms with van der Waals surface area (Å²) >= 11 is 3.57. The van der Waals surface area contributed by atoms with E-state index in [1.165, 1.54) is 5.69 Å². The number of methoxy groups -OCH3 is 1. The van der Waals surface area contributed by atoms with Gasteiger partial charge in [-0.2, -0.15) is 0 Å². The van der Waals surface area contributed by atoms with Crippen LogP contribution in [0.1, 0.15) is 19.4 Å². The van der Waals surface area contributed by atoms with Crippen LogP contribution in [0.15, 0.2) is 22.7 Å². The number of nitrogens with two attached hydrogens (primary N) is 1. The van der Waals surface area contributed by atoms with Crippen molar-refractivity contribution < 1.29 is 4.74 Å². The van der Waals surface area contributed by atoms with Gasteiger partial charge >= 0.3 is 0 Å². The number of rotatable bonds is 7. The summed E-state index contributed by atoms with van der Waals surface area (Å²) in [5.74, 6) is 0.620. The Morgan fingerprint density at radius 3 is 2.61 bits per heavy atom. The fourth-order valence-corrected chi connectivity index (χ4v) is 2.40. The first-order chi connectivity index (χ1) is 8.58. The lowest BCUT2D eigenvalue weighted by molar-refractivity contribution is 0.204. The standard InChI is InChI=1S/C14H23BrN2O/c1-11(2)10-17(6-7-18-3)13-5-4-12(9-16)14(15)8-13/h4-5,8,11H,6-7,9-10,16H2,1-3H3. The second-order valence-corrected chi connectivity index (χ2v) is 5.67. The summed E-state index contributed by atoms with van der Waals surface area (Å²) in [6.45, 7) is 7.68. The van der Waals surface area contributed by atoms with Gasteiger partial charge in [-0.15, -0.1) is 0 Å². The molecule has 1 aromatic rings. The molecule has 1 aromatic carbocycles. The fraction of sp³-hybridized carbons (Fsp3) is 0.571. The Labute approximate surface area is 118 Å². The highest BCUT2D eigenvalue weighted by Gasteiger charge is 2.10. The molecule has 0 atom stereocenters. The Morgan fingerprint density at radius 2 is 2.11 bits per heavy atom. The third kappa shape index (κ3) is 4.59. The lowest BCUT2D eigenvalue weighted by Crippen LogP contribution is -2.31.